The highest BCUT2D eigenvalue weighted by molar-refractivity contribution is 7.93. The van der Waals surface area contributed by atoms with Gasteiger partial charge in [-0.1, -0.05) is 43.4 Å². The molecule has 2 aliphatic heterocycles. The number of nitrogens with one attached hydrogen (secondary N) is 1. The molecule has 0 bridgehead atoms. The van der Waals surface area contributed by atoms with Crippen molar-refractivity contribution in [1.82, 2.24) is 9.79 Å². The van der Waals surface area contributed by atoms with E-state index in [4.69, 9.17) is 16.0 Å². The van der Waals surface area contributed by atoms with E-state index in [2.05, 4.69) is 11.4 Å². The number of sulfonamides is 1. The van der Waals surface area contributed by atoms with E-state index in [1.54, 1.807) is 6.08 Å². The first-order valence-electron chi connectivity index (χ1n) is 12.3. The number of hydrogen-bond acceptors (Lipinski definition) is 5. The minimum absolute atomic E-state index is 0.0478. The summed E-state index contributed by atoms with van der Waals surface area (Å²) in [4.78, 5) is 18.2. The number of hydroxylamine groups is 1. The fourth-order valence-electron chi connectivity index (χ4n) is 5.12. The van der Waals surface area contributed by atoms with Crippen LogP contribution in [0, 0.1) is 23.7 Å². The summed E-state index contributed by atoms with van der Waals surface area (Å²) in [5.41, 5.74) is 2.62. The maximum Gasteiger partial charge on any atom is 0.264 e. The molecule has 2 saturated heterocycles. The van der Waals surface area contributed by atoms with Gasteiger partial charge in [-0.15, -0.1) is 6.42 Å². The van der Waals surface area contributed by atoms with Gasteiger partial charge < -0.3 is 4.74 Å². The Bertz CT molecular complexity index is 852. The molecule has 0 aromatic carbocycles. The highest BCUT2D eigenvalue weighted by Crippen LogP contribution is 2.45. The molecule has 3 fully saturated rings. The van der Waals surface area contributed by atoms with Gasteiger partial charge in [0.1, 0.15) is 5.92 Å². The molecular weight excluding hydrogens is 440 g/mol. The number of carbonyl (C=O) groups excluding carboxylic acids is 1. The maximum absolute atomic E-state index is 13.7. The molecule has 1 spiro atoms. The van der Waals surface area contributed by atoms with E-state index in [-0.39, 0.29) is 10.3 Å². The van der Waals surface area contributed by atoms with Crippen LogP contribution in [-0.2, 0) is 24.4 Å². The predicted octanol–water partition coefficient (Wildman–Crippen LogP) is 4.04. The largest absolute Gasteiger partial charge is 0.350 e. The van der Waals surface area contributed by atoms with Gasteiger partial charge in [0.05, 0.1) is 4.91 Å². The van der Waals surface area contributed by atoms with Crippen molar-refractivity contribution in [3.63, 3.8) is 0 Å². The van der Waals surface area contributed by atoms with Crippen molar-refractivity contribution in [2.75, 3.05) is 19.7 Å². The summed E-state index contributed by atoms with van der Waals surface area (Å²) < 4.78 is 34.3. The standard InChI is InChI=1S/C25H38N2O5S/c1-3-5-7-12-22(21(4-2)24(28)26-32-23-13-8-11-20-31-23)33(29,30)27-18-16-25(17-19-27)14-9-6-10-15-25/h2-3,5,12,21,23H,6-11,13-20H2,1H3,(H,26,28)/b5-3-,22-12+. The molecule has 7 nitrogen and oxygen atoms in total. The zero-order valence-electron chi connectivity index (χ0n) is 19.8. The van der Waals surface area contributed by atoms with Crippen molar-refractivity contribution < 1.29 is 22.8 Å². The first-order chi connectivity index (χ1) is 15.9. The van der Waals surface area contributed by atoms with Crippen molar-refractivity contribution >= 4 is 15.9 Å². The Morgan fingerprint density at radius 1 is 1.21 bits per heavy atom. The second kappa shape index (κ2) is 12.2. The van der Waals surface area contributed by atoms with Gasteiger partial charge in [0.25, 0.3) is 5.91 Å². The van der Waals surface area contributed by atoms with E-state index in [0.29, 0.717) is 32.5 Å². The summed E-state index contributed by atoms with van der Waals surface area (Å²) >= 11 is 0. The van der Waals surface area contributed by atoms with Crippen LogP contribution in [0.3, 0.4) is 0 Å². The van der Waals surface area contributed by atoms with E-state index in [1.807, 2.05) is 19.1 Å². The number of hydrogen-bond donors (Lipinski definition) is 1. The van der Waals surface area contributed by atoms with Crippen LogP contribution < -0.4 is 5.48 Å². The summed E-state index contributed by atoms with van der Waals surface area (Å²) in [5.74, 6) is 0.454. The van der Waals surface area contributed by atoms with Gasteiger partial charge in [-0.05, 0) is 57.3 Å². The molecule has 1 saturated carbocycles. The lowest BCUT2D eigenvalue weighted by Gasteiger charge is -2.44. The Morgan fingerprint density at radius 2 is 1.94 bits per heavy atom. The number of amides is 1. The first-order valence-corrected chi connectivity index (χ1v) is 13.7. The van der Waals surface area contributed by atoms with Gasteiger partial charge in [-0.2, -0.15) is 4.31 Å². The molecule has 2 heterocycles. The molecule has 0 radical (unpaired) electrons. The highest BCUT2D eigenvalue weighted by Gasteiger charge is 2.41. The SMILES string of the molecule is C#CC(C(=O)NOC1CCCCO1)/C(=C\C/C=C\C)S(=O)(=O)N1CCC2(CCCCC2)CC1. The number of ether oxygens (including phenoxy) is 1. The Labute approximate surface area is 199 Å². The monoisotopic (exact) mass is 478 g/mol. The summed E-state index contributed by atoms with van der Waals surface area (Å²) in [6, 6.07) is 0. The van der Waals surface area contributed by atoms with Gasteiger partial charge >= 0.3 is 0 Å². The second-order valence-corrected chi connectivity index (χ2v) is 11.3. The van der Waals surface area contributed by atoms with Crippen molar-refractivity contribution in [2.24, 2.45) is 11.3 Å². The van der Waals surface area contributed by atoms with Crippen molar-refractivity contribution in [3.05, 3.63) is 23.1 Å². The predicted molar refractivity (Wildman–Crippen MR) is 128 cm³/mol. The Morgan fingerprint density at radius 3 is 2.55 bits per heavy atom. The minimum Gasteiger partial charge on any atom is -0.350 e. The third-order valence-corrected chi connectivity index (χ3v) is 9.21. The maximum atomic E-state index is 13.7. The van der Waals surface area contributed by atoms with E-state index in [9.17, 15) is 13.2 Å². The highest BCUT2D eigenvalue weighted by atomic mass is 32.2. The molecule has 184 valence electrons. The van der Waals surface area contributed by atoms with Crippen LogP contribution in [-0.4, -0.2) is 44.6 Å². The van der Waals surface area contributed by atoms with Gasteiger partial charge in [-0.25, -0.2) is 18.7 Å². The van der Waals surface area contributed by atoms with Crippen LogP contribution in [0.25, 0.3) is 0 Å². The molecule has 2 atom stereocenters. The quantitative estimate of drug-likeness (QED) is 0.323. The molecule has 1 amide bonds. The normalized spacial score (nSPS) is 25.6. The lowest BCUT2D eigenvalue weighted by molar-refractivity contribution is -0.201. The van der Waals surface area contributed by atoms with Crippen LogP contribution in [0.1, 0.15) is 77.6 Å². The third-order valence-electron chi connectivity index (χ3n) is 7.17. The second-order valence-electron chi connectivity index (χ2n) is 9.36. The number of piperidine rings is 1. The summed E-state index contributed by atoms with van der Waals surface area (Å²) in [6.07, 6.45) is 21.1. The Kier molecular flexibility index (Phi) is 9.57. The van der Waals surface area contributed by atoms with Crippen molar-refractivity contribution in [2.45, 2.75) is 83.8 Å². The van der Waals surface area contributed by atoms with Crippen molar-refractivity contribution in [1.29, 1.82) is 0 Å². The number of terminal acetylenes is 1. The number of carbonyl (C=O) groups is 1. The van der Waals surface area contributed by atoms with Gasteiger partial charge in [0.2, 0.25) is 10.0 Å². The van der Waals surface area contributed by atoms with Crippen LogP contribution in [0.15, 0.2) is 23.1 Å². The minimum atomic E-state index is -3.89. The van der Waals surface area contributed by atoms with E-state index >= 15 is 0 Å². The number of nitrogens with zero attached hydrogens (tertiary/aromatic N) is 1. The number of rotatable bonds is 8. The van der Waals surface area contributed by atoms with Crippen LogP contribution >= 0.6 is 0 Å². The van der Waals surface area contributed by atoms with E-state index < -0.39 is 28.1 Å². The first kappa shape index (κ1) is 26.0. The van der Waals surface area contributed by atoms with E-state index in [1.165, 1.54) is 36.4 Å². The summed E-state index contributed by atoms with van der Waals surface area (Å²) in [5, 5.41) is 0. The lowest BCUT2D eigenvalue weighted by Crippen LogP contribution is -2.46. The molecule has 1 N–H and O–H groups in total. The average molecular weight is 479 g/mol. The third kappa shape index (κ3) is 6.69. The molecule has 3 aliphatic rings. The Balaban J connectivity index is 1.73. The zero-order valence-corrected chi connectivity index (χ0v) is 20.6. The fourth-order valence-corrected chi connectivity index (χ4v) is 6.86. The topological polar surface area (TPSA) is 84.9 Å². The molecule has 8 heteroatoms. The van der Waals surface area contributed by atoms with E-state index in [0.717, 1.165) is 25.7 Å². The molecule has 2 unspecified atom stereocenters. The van der Waals surface area contributed by atoms with Crippen molar-refractivity contribution in [3.8, 4) is 12.3 Å². The van der Waals surface area contributed by atoms with Gasteiger partial charge in [-0.3, -0.25) is 4.79 Å². The van der Waals surface area contributed by atoms with Crippen LogP contribution in [0.2, 0.25) is 0 Å². The summed E-state index contributed by atoms with van der Waals surface area (Å²) in [6.45, 7) is 3.36. The smallest absolute Gasteiger partial charge is 0.264 e. The Hall–Kier alpha value is -1.66. The van der Waals surface area contributed by atoms with Crippen LogP contribution in [0.5, 0.6) is 0 Å². The number of allylic oxidation sites excluding steroid dienone is 3. The van der Waals surface area contributed by atoms with Gasteiger partial charge in [0, 0.05) is 26.1 Å². The lowest BCUT2D eigenvalue weighted by atomic mass is 9.68. The fraction of sp³-hybridized carbons (Fsp3) is 0.720. The molecule has 1 aliphatic carbocycles. The van der Waals surface area contributed by atoms with Gasteiger partial charge in [0.15, 0.2) is 6.29 Å². The summed E-state index contributed by atoms with van der Waals surface area (Å²) in [7, 11) is -3.89. The molecule has 3 rings (SSSR count). The molecule has 0 aromatic rings. The average Bonchev–Trinajstić information content (AvgIpc) is 2.83. The molecule has 33 heavy (non-hydrogen) atoms. The zero-order chi connectivity index (χ0) is 23.7. The van der Waals surface area contributed by atoms with Crippen LogP contribution in [0.4, 0.5) is 0 Å². The molecular formula is C25H38N2O5S. The molecule has 0 aromatic heterocycles.